The third-order valence-corrected chi connectivity index (χ3v) is 2.49. The highest BCUT2D eigenvalue weighted by molar-refractivity contribution is 5.15. The van der Waals surface area contributed by atoms with Gasteiger partial charge in [-0.15, -0.1) is 0 Å². The van der Waals surface area contributed by atoms with Gasteiger partial charge in [0.2, 0.25) is 0 Å². The van der Waals surface area contributed by atoms with Crippen molar-refractivity contribution in [2.24, 2.45) is 0 Å². The Morgan fingerprint density at radius 1 is 0.812 bits per heavy atom. The van der Waals surface area contributed by atoms with Crippen LogP contribution in [-0.2, 0) is 13.1 Å². The van der Waals surface area contributed by atoms with Gasteiger partial charge < -0.3 is 5.32 Å². The summed E-state index contributed by atoms with van der Waals surface area (Å²) in [5.41, 5.74) is 2.31. The Kier molecular flexibility index (Phi) is 3.67. The van der Waals surface area contributed by atoms with Crippen LogP contribution in [0.25, 0.3) is 0 Å². The van der Waals surface area contributed by atoms with Gasteiger partial charge >= 0.3 is 0 Å². The van der Waals surface area contributed by atoms with E-state index in [0.717, 1.165) is 18.7 Å². The Morgan fingerprint density at radius 3 is 2.25 bits per heavy atom. The van der Waals surface area contributed by atoms with Gasteiger partial charge in [-0.25, -0.2) is 4.39 Å². The molecule has 0 aliphatic carbocycles. The van der Waals surface area contributed by atoms with Crippen molar-refractivity contribution in [2.75, 3.05) is 0 Å². The molecule has 2 rings (SSSR count). The molecule has 82 valence electrons. The molecule has 2 aromatic rings. The first-order chi connectivity index (χ1) is 7.84. The van der Waals surface area contributed by atoms with Crippen molar-refractivity contribution >= 4 is 0 Å². The van der Waals surface area contributed by atoms with Crippen LogP contribution < -0.4 is 5.32 Å². The summed E-state index contributed by atoms with van der Waals surface area (Å²) >= 11 is 0. The number of rotatable bonds is 4. The molecule has 0 aliphatic rings. The van der Waals surface area contributed by atoms with Gasteiger partial charge in [0.25, 0.3) is 0 Å². The Balaban J connectivity index is 1.85. The van der Waals surface area contributed by atoms with E-state index in [2.05, 4.69) is 17.4 Å². The van der Waals surface area contributed by atoms with Gasteiger partial charge in [0, 0.05) is 11.1 Å². The molecule has 2 heteroatoms. The number of benzene rings is 2. The third-order valence-electron chi connectivity index (χ3n) is 2.49. The molecule has 0 atom stereocenters. The maximum Gasteiger partial charge on any atom is 0.123 e. The standard InChI is InChI=1S/C14H14FN/c15-14-8-4-7-13(9-14)11-16-10-12-5-2-1-3-6-12/h1-9,16H,10-11H2/p+1. The van der Waals surface area contributed by atoms with Crippen molar-refractivity contribution in [3.63, 3.8) is 0 Å². The lowest BCUT2D eigenvalue weighted by Crippen LogP contribution is -2.80. The van der Waals surface area contributed by atoms with Crippen LogP contribution in [-0.4, -0.2) is 0 Å². The van der Waals surface area contributed by atoms with Gasteiger partial charge in [-0.2, -0.15) is 0 Å². The molecule has 0 unspecified atom stereocenters. The van der Waals surface area contributed by atoms with E-state index in [-0.39, 0.29) is 5.82 Å². The highest BCUT2D eigenvalue weighted by Crippen LogP contribution is 2.01. The number of halogens is 1. The zero-order valence-electron chi connectivity index (χ0n) is 9.07. The first-order valence-corrected chi connectivity index (χ1v) is 5.44. The summed E-state index contributed by atoms with van der Waals surface area (Å²) in [5, 5.41) is 2.17. The van der Waals surface area contributed by atoms with Crippen LogP contribution in [0.1, 0.15) is 11.1 Å². The van der Waals surface area contributed by atoms with Gasteiger partial charge in [-0.3, -0.25) is 0 Å². The van der Waals surface area contributed by atoms with Gasteiger partial charge in [-0.05, 0) is 12.1 Å². The van der Waals surface area contributed by atoms with Crippen LogP contribution in [0, 0.1) is 5.82 Å². The summed E-state index contributed by atoms with van der Waals surface area (Å²) < 4.78 is 12.9. The molecule has 0 radical (unpaired) electrons. The van der Waals surface area contributed by atoms with E-state index in [9.17, 15) is 4.39 Å². The summed E-state index contributed by atoms with van der Waals surface area (Å²) in [6.45, 7) is 1.74. The summed E-state index contributed by atoms with van der Waals surface area (Å²) in [7, 11) is 0. The first-order valence-electron chi connectivity index (χ1n) is 5.44. The number of hydrogen-bond acceptors (Lipinski definition) is 0. The van der Waals surface area contributed by atoms with Gasteiger partial charge in [-0.1, -0.05) is 42.5 Å². The fraction of sp³-hybridized carbons (Fsp3) is 0.143. The average Bonchev–Trinajstić information content (AvgIpc) is 2.30. The zero-order valence-corrected chi connectivity index (χ0v) is 9.07. The molecule has 0 aliphatic heterocycles. The Hall–Kier alpha value is -1.67. The third kappa shape index (κ3) is 3.17. The lowest BCUT2D eigenvalue weighted by molar-refractivity contribution is -0.686. The number of nitrogens with two attached hydrogens (primary N) is 1. The average molecular weight is 216 g/mol. The van der Waals surface area contributed by atoms with Crippen molar-refractivity contribution in [3.05, 3.63) is 71.5 Å². The van der Waals surface area contributed by atoms with Crippen LogP contribution in [0.5, 0.6) is 0 Å². The van der Waals surface area contributed by atoms with E-state index in [1.165, 1.54) is 11.6 Å². The molecular weight excluding hydrogens is 201 g/mol. The topological polar surface area (TPSA) is 16.6 Å². The number of quaternary nitrogens is 1. The summed E-state index contributed by atoms with van der Waals surface area (Å²) in [6, 6.07) is 17.0. The smallest absolute Gasteiger partial charge is 0.123 e. The molecule has 0 heterocycles. The molecule has 0 spiro atoms. The quantitative estimate of drug-likeness (QED) is 0.806. The second-order valence-corrected chi connectivity index (χ2v) is 3.81. The Morgan fingerprint density at radius 2 is 1.50 bits per heavy atom. The van der Waals surface area contributed by atoms with Crippen molar-refractivity contribution in [1.82, 2.24) is 0 Å². The minimum Gasteiger partial charge on any atom is -0.339 e. The zero-order chi connectivity index (χ0) is 11.2. The van der Waals surface area contributed by atoms with Crippen LogP contribution in [0.2, 0.25) is 0 Å². The molecular formula is C14H15FN+. The highest BCUT2D eigenvalue weighted by atomic mass is 19.1. The second kappa shape index (κ2) is 5.42. The monoisotopic (exact) mass is 216 g/mol. The minimum absolute atomic E-state index is 0.161. The highest BCUT2D eigenvalue weighted by Gasteiger charge is 1.98. The maximum atomic E-state index is 12.9. The van der Waals surface area contributed by atoms with E-state index < -0.39 is 0 Å². The predicted octanol–water partition coefficient (Wildman–Crippen LogP) is 2.09. The fourth-order valence-corrected chi connectivity index (χ4v) is 1.68. The van der Waals surface area contributed by atoms with E-state index in [4.69, 9.17) is 0 Å². The maximum absolute atomic E-state index is 12.9. The van der Waals surface area contributed by atoms with Crippen molar-refractivity contribution in [3.8, 4) is 0 Å². The molecule has 2 N–H and O–H groups in total. The van der Waals surface area contributed by atoms with E-state index in [1.54, 1.807) is 12.1 Å². The van der Waals surface area contributed by atoms with Crippen molar-refractivity contribution < 1.29 is 9.71 Å². The number of hydrogen-bond donors (Lipinski definition) is 1. The molecule has 0 bridgehead atoms. The summed E-state index contributed by atoms with van der Waals surface area (Å²) in [4.78, 5) is 0. The van der Waals surface area contributed by atoms with Gasteiger partial charge in [0.1, 0.15) is 18.9 Å². The molecule has 1 nitrogen and oxygen atoms in total. The minimum atomic E-state index is -0.161. The molecule has 16 heavy (non-hydrogen) atoms. The van der Waals surface area contributed by atoms with Gasteiger partial charge in [0.15, 0.2) is 0 Å². The van der Waals surface area contributed by atoms with Crippen LogP contribution >= 0.6 is 0 Å². The van der Waals surface area contributed by atoms with Crippen LogP contribution in [0.3, 0.4) is 0 Å². The largest absolute Gasteiger partial charge is 0.339 e. The molecule has 2 aromatic carbocycles. The second-order valence-electron chi connectivity index (χ2n) is 3.81. The van der Waals surface area contributed by atoms with Gasteiger partial charge in [0.05, 0.1) is 0 Å². The fourth-order valence-electron chi connectivity index (χ4n) is 1.68. The molecule has 0 aromatic heterocycles. The Labute approximate surface area is 94.9 Å². The Bertz CT molecular complexity index is 439. The lowest BCUT2D eigenvalue weighted by atomic mass is 10.2. The molecule has 0 fully saturated rings. The SMILES string of the molecule is Fc1cccc(C[NH2+]Cc2ccccc2)c1. The summed E-state index contributed by atoms with van der Waals surface area (Å²) in [6.07, 6.45) is 0. The van der Waals surface area contributed by atoms with Crippen molar-refractivity contribution in [2.45, 2.75) is 13.1 Å². The molecule has 0 saturated heterocycles. The predicted molar refractivity (Wildman–Crippen MR) is 62.2 cm³/mol. The van der Waals surface area contributed by atoms with E-state index >= 15 is 0 Å². The summed E-state index contributed by atoms with van der Waals surface area (Å²) in [5.74, 6) is -0.161. The lowest BCUT2D eigenvalue weighted by Gasteiger charge is -2.02. The molecule has 0 amide bonds. The van der Waals surface area contributed by atoms with Crippen LogP contribution in [0.15, 0.2) is 54.6 Å². The van der Waals surface area contributed by atoms with E-state index in [0.29, 0.717) is 0 Å². The van der Waals surface area contributed by atoms with Crippen LogP contribution in [0.4, 0.5) is 4.39 Å². The molecule has 0 saturated carbocycles. The van der Waals surface area contributed by atoms with E-state index in [1.807, 2.05) is 24.3 Å². The van der Waals surface area contributed by atoms with Crippen molar-refractivity contribution in [1.29, 1.82) is 0 Å². The first kappa shape index (κ1) is 10.8. The normalized spacial score (nSPS) is 10.3.